The van der Waals surface area contributed by atoms with E-state index < -0.39 is 0 Å². The number of aryl methyl sites for hydroxylation is 1. The molecule has 0 unspecified atom stereocenters. The van der Waals surface area contributed by atoms with Crippen molar-refractivity contribution < 1.29 is 4.79 Å². The molecule has 0 aromatic carbocycles. The zero-order valence-corrected chi connectivity index (χ0v) is 8.55. The fourth-order valence-corrected chi connectivity index (χ4v) is 1.01. The number of aromatic nitrogens is 1. The minimum atomic E-state index is -0.345. The summed E-state index contributed by atoms with van der Waals surface area (Å²) in [5.41, 5.74) is 1.55. The number of hydrogen-bond acceptors (Lipinski definition) is 2. The molecule has 0 aliphatic rings. The van der Waals surface area contributed by atoms with Gasteiger partial charge in [0.05, 0.1) is 0 Å². The van der Waals surface area contributed by atoms with Crippen molar-refractivity contribution in [2.24, 2.45) is 0 Å². The summed E-state index contributed by atoms with van der Waals surface area (Å²) in [6.45, 7) is 1.85. The lowest BCUT2D eigenvalue weighted by molar-refractivity contribution is -0.111. The number of rotatable bonds is 1. The number of halogens is 1. The van der Waals surface area contributed by atoms with Crippen molar-refractivity contribution in [3.63, 3.8) is 0 Å². The smallest absolute Gasteiger partial charge is 0.301 e. The average molecular weight is 239 g/mol. The summed E-state index contributed by atoms with van der Waals surface area (Å²) in [6.07, 6.45) is 1.63. The van der Waals surface area contributed by atoms with E-state index in [9.17, 15) is 4.79 Å². The molecule has 0 radical (unpaired) electrons. The molecule has 4 heteroatoms. The molecule has 0 bridgehead atoms. The summed E-state index contributed by atoms with van der Waals surface area (Å²) in [7, 11) is 0. The van der Waals surface area contributed by atoms with Gasteiger partial charge in [-0.3, -0.25) is 9.78 Å². The number of amides is 1. The minimum Gasteiger partial charge on any atom is -0.315 e. The molecule has 13 heavy (non-hydrogen) atoms. The topological polar surface area (TPSA) is 42.0 Å². The molecular formula is C9H7BrN2O. The Kier molecular flexibility index (Phi) is 3.47. The van der Waals surface area contributed by atoms with Crippen LogP contribution in [0.25, 0.3) is 0 Å². The van der Waals surface area contributed by atoms with Crippen LogP contribution in [0.2, 0.25) is 0 Å². The Hall–Kier alpha value is -1.34. The molecule has 3 nitrogen and oxygen atoms in total. The Labute approximate surface area is 84.7 Å². The first-order valence-electron chi connectivity index (χ1n) is 3.57. The largest absolute Gasteiger partial charge is 0.315 e. The Morgan fingerprint density at radius 3 is 3.08 bits per heavy atom. The Morgan fingerprint density at radius 2 is 2.46 bits per heavy atom. The predicted octanol–water partition coefficient (Wildman–Crippen LogP) is 1.68. The van der Waals surface area contributed by atoms with Crippen LogP contribution in [0.3, 0.4) is 0 Å². The number of carbonyl (C=O) groups excluding carboxylic acids is 1. The summed E-state index contributed by atoms with van der Waals surface area (Å²) in [5, 5.41) is 2.60. The normalized spacial score (nSPS) is 8.46. The highest BCUT2D eigenvalue weighted by atomic mass is 79.9. The van der Waals surface area contributed by atoms with Crippen molar-refractivity contribution in [1.82, 2.24) is 4.98 Å². The van der Waals surface area contributed by atoms with Gasteiger partial charge in [-0.1, -0.05) is 0 Å². The molecule has 1 aromatic heterocycles. The third-order valence-electron chi connectivity index (χ3n) is 1.32. The maximum Gasteiger partial charge on any atom is 0.301 e. The van der Waals surface area contributed by atoms with Crippen LogP contribution in [0.1, 0.15) is 5.69 Å². The molecular weight excluding hydrogens is 232 g/mol. The summed E-state index contributed by atoms with van der Waals surface area (Å²) >= 11 is 2.84. The van der Waals surface area contributed by atoms with E-state index >= 15 is 0 Å². The predicted molar refractivity (Wildman–Crippen MR) is 54.3 cm³/mol. The minimum absolute atomic E-state index is 0.345. The maximum atomic E-state index is 11.0. The number of hydrogen-bond donors (Lipinski definition) is 1. The summed E-state index contributed by atoms with van der Waals surface area (Å²) in [5.74, 6) is 1.96. The first-order valence-corrected chi connectivity index (χ1v) is 4.37. The van der Waals surface area contributed by atoms with Crippen LogP contribution in [0.4, 0.5) is 5.69 Å². The molecule has 1 N–H and O–H groups in total. The standard InChI is InChI=1S/C9H7BrN2O/c1-7-6-8(3-5-11-7)12-9(13)2-4-10/h3,5-6H,1H3,(H,11,12,13). The van der Waals surface area contributed by atoms with Crippen molar-refractivity contribution >= 4 is 27.5 Å². The average Bonchev–Trinajstić information content (AvgIpc) is 2.04. The number of nitrogens with one attached hydrogen (secondary N) is 1. The van der Waals surface area contributed by atoms with E-state index in [1.807, 2.05) is 6.92 Å². The van der Waals surface area contributed by atoms with Gasteiger partial charge in [-0.05, 0) is 23.9 Å². The van der Waals surface area contributed by atoms with Crippen LogP contribution in [0.15, 0.2) is 18.3 Å². The van der Waals surface area contributed by atoms with Crippen molar-refractivity contribution in [2.45, 2.75) is 6.92 Å². The summed E-state index contributed by atoms with van der Waals surface area (Å²) in [4.78, 5) is 17.3. The lowest BCUT2D eigenvalue weighted by Crippen LogP contribution is -2.08. The number of anilines is 1. The van der Waals surface area contributed by atoms with Crippen LogP contribution in [0, 0.1) is 17.7 Å². The van der Waals surface area contributed by atoms with Crippen LogP contribution >= 0.6 is 15.9 Å². The van der Waals surface area contributed by atoms with E-state index in [2.05, 4.69) is 37.0 Å². The highest BCUT2D eigenvalue weighted by Crippen LogP contribution is 2.06. The van der Waals surface area contributed by atoms with Crippen LogP contribution in [-0.2, 0) is 4.79 Å². The number of carbonyl (C=O) groups is 1. The SMILES string of the molecule is Cc1cc(NC(=O)C#CBr)ccn1. The van der Waals surface area contributed by atoms with Gasteiger partial charge in [-0.15, -0.1) is 0 Å². The van der Waals surface area contributed by atoms with E-state index in [-0.39, 0.29) is 5.91 Å². The van der Waals surface area contributed by atoms with E-state index in [4.69, 9.17) is 0 Å². The Balaban J connectivity index is 2.73. The number of pyridine rings is 1. The summed E-state index contributed by atoms with van der Waals surface area (Å²) < 4.78 is 0. The molecule has 1 heterocycles. The van der Waals surface area contributed by atoms with E-state index in [0.29, 0.717) is 5.69 Å². The van der Waals surface area contributed by atoms with Gasteiger partial charge in [0.25, 0.3) is 0 Å². The second-order valence-electron chi connectivity index (χ2n) is 2.36. The highest BCUT2D eigenvalue weighted by molar-refractivity contribution is 9.12. The molecule has 1 aromatic rings. The van der Waals surface area contributed by atoms with Crippen molar-refractivity contribution in [3.8, 4) is 10.8 Å². The first kappa shape index (κ1) is 9.75. The highest BCUT2D eigenvalue weighted by Gasteiger charge is 1.97. The molecule has 0 saturated heterocycles. The molecule has 1 rings (SSSR count). The molecule has 0 fully saturated rings. The quantitative estimate of drug-likeness (QED) is 0.757. The monoisotopic (exact) mass is 238 g/mol. The second-order valence-corrected chi connectivity index (χ2v) is 2.76. The molecule has 0 spiro atoms. The lowest BCUT2D eigenvalue weighted by atomic mass is 10.3. The molecule has 1 amide bonds. The van der Waals surface area contributed by atoms with Gasteiger partial charge < -0.3 is 5.32 Å². The van der Waals surface area contributed by atoms with Crippen molar-refractivity contribution in [2.75, 3.05) is 5.32 Å². The zero-order chi connectivity index (χ0) is 9.68. The van der Waals surface area contributed by atoms with E-state index in [1.54, 1.807) is 18.3 Å². The summed E-state index contributed by atoms with van der Waals surface area (Å²) in [6, 6.07) is 3.48. The van der Waals surface area contributed by atoms with Gasteiger partial charge in [-0.2, -0.15) is 0 Å². The lowest BCUT2D eigenvalue weighted by Gasteiger charge is -2.00. The van der Waals surface area contributed by atoms with Gasteiger partial charge in [0.15, 0.2) is 0 Å². The van der Waals surface area contributed by atoms with Crippen LogP contribution in [-0.4, -0.2) is 10.9 Å². The van der Waals surface area contributed by atoms with Gasteiger partial charge in [0, 0.05) is 39.4 Å². The number of nitrogens with zero attached hydrogens (tertiary/aromatic N) is 1. The molecule has 0 saturated carbocycles. The molecule has 66 valence electrons. The molecule has 0 aliphatic heterocycles. The Bertz CT molecular complexity index is 379. The van der Waals surface area contributed by atoms with Gasteiger partial charge in [0.1, 0.15) is 0 Å². The fraction of sp³-hybridized carbons (Fsp3) is 0.111. The van der Waals surface area contributed by atoms with Crippen molar-refractivity contribution in [1.29, 1.82) is 0 Å². The van der Waals surface area contributed by atoms with Gasteiger partial charge >= 0.3 is 5.91 Å². The van der Waals surface area contributed by atoms with Crippen LogP contribution < -0.4 is 5.32 Å². The third kappa shape index (κ3) is 3.26. The van der Waals surface area contributed by atoms with Crippen LogP contribution in [0.5, 0.6) is 0 Å². The maximum absolute atomic E-state index is 11.0. The fourth-order valence-electron chi connectivity index (χ4n) is 0.829. The third-order valence-corrected chi connectivity index (χ3v) is 1.51. The second kappa shape index (κ2) is 4.63. The van der Waals surface area contributed by atoms with E-state index in [1.165, 1.54) is 0 Å². The van der Waals surface area contributed by atoms with Crippen molar-refractivity contribution in [3.05, 3.63) is 24.0 Å². The molecule has 0 aliphatic carbocycles. The molecule has 0 atom stereocenters. The first-order chi connectivity index (χ1) is 6.22. The Morgan fingerprint density at radius 1 is 1.69 bits per heavy atom. The van der Waals surface area contributed by atoms with Gasteiger partial charge in [0.2, 0.25) is 0 Å². The van der Waals surface area contributed by atoms with Gasteiger partial charge in [-0.25, -0.2) is 0 Å². The zero-order valence-electron chi connectivity index (χ0n) is 6.97. The van der Waals surface area contributed by atoms with E-state index in [0.717, 1.165) is 5.69 Å².